The minimum Gasteiger partial charge on any atom is -0.464 e. The third-order valence-corrected chi connectivity index (χ3v) is 5.64. The first-order valence-electron chi connectivity index (χ1n) is 10.7. The largest absolute Gasteiger partial charge is 0.464 e. The molecule has 1 saturated carbocycles. The molecule has 1 heterocycles. The van der Waals surface area contributed by atoms with Crippen molar-refractivity contribution in [2.75, 3.05) is 6.54 Å². The number of furan rings is 1. The van der Waals surface area contributed by atoms with Gasteiger partial charge in [0.15, 0.2) is 0 Å². The molecular weight excluding hydrogens is 388 g/mol. The summed E-state index contributed by atoms with van der Waals surface area (Å²) in [4.78, 5) is 30.2. The van der Waals surface area contributed by atoms with Crippen LogP contribution in [0.2, 0.25) is 0 Å². The van der Waals surface area contributed by atoms with Crippen molar-refractivity contribution in [2.45, 2.75) is 45.8 Å². The van der Waals surface area contributed by atoms with E-state index < -0.39 is 0 Å². The quantitative estimate of drug-likeness (QED) is 0.533. The zero-order valence-corrected chi connectivity index (χ0v) is 18.1. The standard InChI is InChI=1S/C26H28N2O3/c1-19-8-6-7-11-24(19)26(30)28(22-13-14-22)18-25(29)27(16-21-9-4-3-5-10-21)17-23-15-12-20(2)31-23/h3-12,15,22H,13-14,16-18H2,1-2H3. The molecule has 2 amide bonds. The minimum absolute atomic E-state index is 0.0672. The summed E-state index contributed by atoms with van der Waals surface area (Å²) in [6.07, 6.45) is 1.89. The molecule has 0 N–H and O–H groups in total. The number of carbonyl (C=O) groups excluding carboxylic acids is 2. The molecule has 0 atom stereocenters. The van der Waals surface area contributed by atoms with E-state index in [9.17, 15) is 9.59 Å². The highest BCUT2D eigenvalue weighted by Gasteiger charge is 2.35. The van der Waals surface area contributed by atoms with E-state index in [-0.39, 0.29) is 24.4 Å². The van der Waals surface area contributed by atoms with Crippen molar-refractivity contribution in [3.05, 3.63) is 94.9 Å². The second-order valence-corrected chi connectivity index (χ2v) is 8.23. The predicted octanol–water partition coefficient (Wildman–Crippen LogP) is 4.73. The Morgan fingerprint density at radius 3 is 2.26 bits per heavy atom. The van der Waals surface area contributed by atoms with E-state index in [1.165, 1.54) is 0 Å². The van der Waals surface area contributed by atoms with Crippen molar-refractivity contribution in [2.24, 2.45) is 0 Å². The van der Waals surface area contributed by atoms with Crippen LogP contribution in [0.4, 0.5) is 0 Å². The average Bonchev–Trinajstić information content (AvgIpc) is 3.53. The minimum atomic E-state index is -0.0771. The van der Waals surface area contributed by atoms with Gasteiger partial charge in [0.1, 0.15) is 18.1 Å². The molecule has 0 spiro atoms. The molecule has 5 heteroatoms. The van der Waals surface area contributed by atoms with Crippen molar-refractivity contribution in [1.82, 2.24) is 9.80 Å². The summed E-state index contributed by atoms with van der Waals surface area (Å²) >= 11 is 0. The Labute approximate surface area is 183 Å². The number of aryl methyl sites for hydroxylation is 2. The number of carbonyl (C=O) groups is 2. The molecule has 0 aliphatic heterocycles. The van der Waals surface area contributed by atoms with Crippen LogP contribution in [0.25, 0.3) is 0 Å². The molecule has 3 aromatic rings. The lowest BCUT2D eigenvalue weighted by Crippen LogP contribution is -2.43. The molecule has 5 nitrogen and oxygen atoms in total. The number of hydrogen-bond donors (Lipinski definition) is 0. The lowest BCUT2D eigenvalue weighted by atomic mass is 10.1. The summed E-state index contributed by atoms with van der Waals surface area (Å²) in [6, 6.07) is 21.4. The van der Waals surface area contributed by atoms with Gasteiger partial charge >= 0.3 is 0 Å². The van der Waals surface area contributed by atoms with Crippen LogP contribution < -0.4 is 0 Å². The van der Waals surface area contributed by atoms with Gasteiger partial charge in [-0.2, -0.15) is 0 Å². The lowest BCUT2D eigenvalue weighted by molar-refractivity contribution is -0.133. The molecule has 1 aliphatic rings. The second-order valence-electron chi connectivity index (χ2n) is 8.23. The van der Waals surface area contributed by atoms with Crippen LogP contribution in [0, 0.1) is 13.8 Å². The molecule has 1 fully saturated rings. The molecule has 31 heavy (non-hydrogen) atoms. The molecule has 0 radical (unpaired) electrons. The maximum Gasteiger partial charge on any atom is 0.254 e. The summed E-state index contributed by atoms with van der Waals surface area (Å²) in [5.74, 6) is 1.41. The number of hydrogen-bond acceptors (Lipinski definition) is 3. The Bertz CT molecular complexity index is 1050. The van der Waals surface area contributed by atoms with Crippen LogP contribution in [-0.2, 0) is 17.9 Å². The number of amides is 2. The van der Waals surface area contributed by atoms with E-state index in [0.717, 1.165) is 35.5 Å². The summed E-state index contributed by atoms with van der Waals surface area (Å²) in [6.45, 7) is 4.74. The van der Waals surface area contributed by atoms with Gasteiger partial charge in [-0.3, -0.25) is 9.59 Å². The molecule has 0 saturated heterocycles. The molecule has 4 rings (SSSR count). The first kappa shape index (κ1) is 20.9. The fraction of sp³-hybridized carbons (Fsp3) is 0.308. The number of nitrogens with zero attached hydrogens (tertiary/aromatic N) is 2. The molecule has 0 bridgehead atoms. The van der Waals surface area contributed by atoms with Gasteiger partial charge in [-0.15, -0.1) is 0 Å². The molecular formula is C26H28N2O3. The van der Waals surface area contributed by atoms with Crippen molar-refractivity contribution < 1.29 is 14.0 Å². The van der Waals surface area contributed by atoms with E-state index in [1.807, 2.05) is 80.6 Å². The maximum absolute atomic E-state index is 13.4. The van der Waals surface area contributed by atoms with Gasteiger partial charge in [-0.1, -0.05) is 48.5 Å². The first-order chi connectivity index (χ1) is 15.0. The predicted molar refractivity (Wildman–Crippen MR) is 119 cm³/mol. The fourth-order valence-corrected chi connectivity index (χ4v) is 3.76. The summed E-state index contributed by atoms with van der Waals surface area (Å²) in [5.41, 5.74) is 2.64. The normalized spacial score (nSPS) is 13.1. The SMILES string of the molecule is Cc1ccc(CN(Cc2ccccc2)C(=O)CN(C(=O)c2ccccc2C)C2CC2)o1. The molecule has 2 aromatic carbocycles. The topological polar surface area (TPSA) is 53.8 Å². The Hall–Kier alpha value is -3.34. The monoisotopic (exact) mass is 416 g/mol. The van der Waals surface area contributed by atoms with Crippen molar-refractivity contribution in [3.8, 4) is 0 Å². The van der Waals surface area contributed by atoms with E-state index in [4.69, 9.17) is 4.42 Å². The van der Waals surface area contributed by atoms with E-state index >= 15 is 0 Å². The molecule has 160 valence electrons. The zero-order valence-electron chi connectivity index (χ0n) is 18.1. The summed E-state index contributed by atoms with van der Waals surface area (Å²) in [5, 5.41) is 0. The van der Waals surface area contributed by atoms with Crippen LogP contribution in [0.15, 0.2) is 71.1 Å². The van der Waals surface area contributed by atoms with Crippen LogP contribution in [0.1, 0.15) is 45.8 Å². The highest BCUT2D eigenvalue weighted by atomic mass is 16.3. The molecule has 0 unspecified atom stereocenters. The lowest BCUT2D eigenvalue weighted by Gasteiger charge is -2.28. The Morgan fingerprint density at radius 2 is 1.61 bits per heavy atom. The maximum atomic E-state index is 13.4. The molecule has 1 aromatic heterocycles. The molecule has 1 aliphatic carbocycles. The van der Waals surface area contributed by atoms with Crippen molar-refractivity contribution >= 4 is 11.8 Å². The Kier molecular flexibility index (Phi) is 6.21. The van der Waals surface area contributed by atoms with Crippen molar-refractivity contribution in [1.29, 1.82) is 0 Å². The van der Waals surface area contributed by atoms with Gasteiger partial charge in [0, 0.05) is 18.2 Å². The van der Waals surface area contributed by atoms with Crippen LogP contribution in [-0.4, -0.2) is 34.2 Å². The van der Waals surface area contributed by atoms with Crippen LogP contribution >= 0.6 is 0 Å². The number of benzene rings is 2. The van der Waals surface area contributed by atoms with Gasteiger partial charge < -0.3 is 14.2 Å². The van der Waals surface area contributed by atoms with Gasteiger partial charge in [0.05, 0.1) is 6.54 Å². The second kappa shape index (κ2) is 9.21. The van der Waals surface area contributed by atoms with Gasteiger partial charge in [0.25, 0.3) is 5.91 Å². The van der Waals surface area contributed by atoms with E-state index in [0.29, 0.717) is 18.7 Å². The highest BCUT2D eigenvalue weighted by molar-refractivity contribution is 5.98. The van der Waals surface area contributed by atoms with E-state index in [2.05, 4.69) is 0 Å². The Balaban J connectivity index is 1.54. The fourth-order valence-electron chi connectivity index (χ4n) is 3.76. The van der Waals surface area contributed by atoms with Crippen LogP contribution in [0.5, 0.6) is 0 Å². The summed E-state index contributed by atoms with van der Waals surface area (Å²) in [7, 11) is 0. The average molecular weight is 417 g/mol. The zero-order chi connectivity index (χ0) is 21.8. The first-order valence-corrected chi connectivity index (χ1v) is 10.7. The van der Waals surface area contributed by atoms with Crippen LogP contribution in [0.3, 0.4) is 0 Å². The third-order valence-electron chi connectivity index (χ3n) is 5.64. The Morgan fingerprint density at radius 1 is 0.903 bits per heavy atom. The van der Waals surface area contributed by atoms with Gasteiger partial charge in [0.2, 0.25) is 5.91 Å². The number of rotatable bonds is 8. The van der Waals surface area contributed by atoms with Crippen molar-refractivity contribution in [3.63, 3.8) is 0 Å². The van der Waals surface area contributed by atoms with Gasteiger partial charge in [-0.25, -0.2) is 0 Å². The smallest absolute Gasteiger partial charge is 0.254 e. The van der Waals surface area contributed by atoms with E-state index in [1.54, 1.807) is 9.80 Å². The highest BCUT2D eigenvalue weighted by Crippen LogP contribution is 2.29. The third kappa shape index (κ3) is 5.23. The van der Waals surface area contributed by atoms with Gasteiger partial charge in [-0.05, 0) is 56.0 Å². The summed E-state index contributed by atoms with van der Waals surface area (Å²) < 4.78 is 5.72.